The molecule has 132 valence electrons. The summed E-state index contributed by atoms with van der Waals surface area (Å²) in [6, 6.07) is 10.4. The van der Waals surface area contributed by atoms with Crippen LogP contribution in [0.25, 0.3) is 22.2 Å². The highest BCUT2D eigenvalue weighted by Crippen LogP contribution is 2.39. The molecule has 2 aromatic carbocycles. The number of fused-ring (bicyclic) bond motifs is 1. The van der Waals surface area contributed by atoms with Crippen LogP contribution in [0.2, 0.25) is 5.02 Å². The van der Waals surface area contributed by atoms with Crippen LogP contribution in [0.1, 0.15) is 29.5 Å². The van der Waals surface area contributed by atoms with Crippen molar-refractivity contribution in [2.24, 2.45) is 5.73 Å². The molecule has 0 fully saturated rings. The van der Waals surface area contributed by atoms with Crippen LogP contribution in [0, 0.1) is 13.8 Å². The molecule has 0 aliphatic heterocycles. The van der Waals surface area contributed by atoms with Crippen molar-refractivity contribution in [2.45, 2.75) is 33.1 Å². The number of hydrogen-bond donors (Lipinski definition) is 2. The zero-order valence-corrected chi connectivity index (χ0v) is 15.8. The summed E-state index contributed by atoms with van der Waals surface area (Å²) in [4.78, 5) is 3.62. The largest absolute Gasteiger partial charge is 0.496 e. The standard InChI is InChI=1S/C21H25ClN2O/c1-13-7-6-9-17(21(13)25-3)20-15(8-4-5-12-23)16-10-11-18(22)14(2)19(16)24-20/h6-7,9-11,24H,4-5,8,12,23H2,1-3H3. The number of aromatic amines is 1. The molecular weight excluding hydrogens is 332 g/mol. The van der Waals surface area contributed by atoms with Gasteiger partial charge < -0.3 is 15.5 Å². The van der Waals surface area contributed by atoms with Crippen molar-refractivity contribution in [1.29, 1.82) is 0 Å². The second-order valence-corrected chi connectivity index (χ2v) is 6.88. The fourth-order valence-electron chi connectivity index (χ4n) is 3.49. The van der Waals surface area contributed by atoms with E-state index in [9.17, 15) is 0 Å². The molecule has 0 atom stereocenters. The number of H-pyrrole nitrogens is 1. The number of aromatic nitrogens is 1. The van der Waals surface area contributed by atoms with Crippen LogP contribution in [0.5, 0.6) is 5.75 Å². The van der Waals surface area contributed by atoms with Crippen LogP contribution >= 0.6 is 11.6 Å². The summed E-state index contributed by atoms with van der Waals surface area (Å²) in [7, 11) is 1.73. The number of aryl methyl sites for hydroxylation is 3. The van der Waals surface area contributed by atoms with Crippen molar-refractivity contribution in [1.82, 2.24) is 4.98 Å². The van der Waals surface area contributed by atoms with E-state index in [0.29, 0.717) is 0 Å². The average molecular weight is 357 g/mol. The number of nitrogens with one attached hydrogen (secondary N) is 1. The summed E-state index contributed by atoms with van der Waals surface area (Å²) in [5.41, 5.74) is 12.5. The van der Waals surface area contributed by atoms with Gasteiger partial charge in [-0.25, -0.2) is 0 Å². The van der Waals surface area contributed by atoms with Crippen molar-refractivity contribution < 1.29 is 4.74 Å². The zero-order chi connectivity index (χ0) is 18.0. The van der Waals surface area contributed by atoms with Crippen molar-refractivity contribution in [3.8, 4) is 17.0 Å². The fraction of sp³-hybridized carbons (Fsp3) is 0.333. The van der Waals surface area contributed by atoms with Gasteiger partial charge in [-0.1, -0.05) is 29.8 Å². The molecule has 0 spiro atoms. The summed E-state index contributed by atoms with van der Waals surface area (Å²) in [5, 5.41) is 2.02. The summed E-state index contributed by atoms with van der Waals surface area (Å²) in [6.45, 7) is 4.85. The lowest BCUT2D eigenvalue weighted by Crippen LogP contribution is -1.99. The lowest BCUT2D eigenvalue weighted by atomic mass is 9.98. The van der Waals surface area contributed by atoms with Gasteiger partial charge in [0.05, 0.1) is 18.3 Å². The second-order valence-electron chi connectivity index (χ2n) is 6.48. The summed E-state index contributed by atoms with van der Waals surface area (Å²) in [6.07, 6.45) is 3.06. The number of para-hydroxylation sites is 1. The Bertz CT molecular complexity index is 899. The number of rotatable bonds is 6. The third-order valence-electron chi connectivity index (χ3n) is 4.84. The SMILES string of the molecule is COc1c(C)cccc1-c1[nH]c2c(C)c(Cl)ccc2c1CCCCN. The van der Waals surface area contributed by atoms with Crippen LogP contribution < -0.4 is 10.5 Å². The Morgan fingerprint density at radius 1 is 1.12 bits per heavy atom. The lowest BCUT2D eigenvalue weighted by Gasteiger charge is -2.12. The number of unbranched alkanes of at least 4 members (excludes halogenated alkanes) is 1. The van der Waals surface area contributed by atoms with Gasteiger partial charge in [0.25, 0.3) is 0 Å². The van der Waals surface area contributed by atoms with Gasteiger partial charge in [-0.2, -0.15) is 0 Å². The first kappa shape index (κ1) is 17.8. The van der Waals surface area contributed by atoms with E-state index >= 15 is 0 Å². The molecule has 4 heteroatoms. The lowest BCUT2D eigenvalue weighted by molar-refractivity contribution is 0.413. The fourth-order valence-corrected chi connectivity index (χ4v) is 3.65. The van der Waals surface area contributed by atoms with E-state index in [1.807, 2.05) is 6.07 Å². The van der Waals surface area contributed by atoms with E-state index in [2.05, 4.69) is 43.1 Å². The Morgan fingerprint density at radius 3 is 2.64 bits per heavy atom. The molecule has 3 aromatic rings. The van der Waals surface area contributed by atoms with Crippen molar-refractivity contribution in [3.05, 3.63) is 52.0 Å². The number of halogens is 1. The van der Waals surface area contributed by atoms with E-state index in [-0.39, 0.29) is 0 Å². The molecule has 1 heterocycles. The van der Waals surface area contributed by atoms with Gasteiger partial charge in [-0.3, -0.25) is 0 Å². The summed E-state index contributed by atoms with van der Waals surface area (Å²) < 4.78 is 5.70. The van der Waals surface area contributed by atoms with Crippen molar-refractivity contribution in [3.63, 3.8) is 0 Å². The van der Waals surface area contributed by atoms with Gasteiger partial charge in [-0.15, -0.1) is 0 Å². The predicted molar refractivity (Wildman–Crippen MR) is 107 cm³/mol. The molecular formula is C21H25ClN2O. The Hall–Kier alpha value is -1.97. The van der Waals surface area contributed by atoms with Gasteiger partial charge in [0, 0.05) is 16.0 Å². The molecule has 0 aliphatic carbocycles. The molecule has 0 unspecified atom stereocenters. The van der Waals surface area contributed by atoms with Crippen molar-refractivity contribution in [2.75, 3.05) is 13.7 Å². The topological polar surface area (TPSA) is 51.0 Å². The maximum Gasteiger partial charge on any atom is 0.131 e. The number of methoxy groups -OCH3 is 1. The van der Waals surface area contributed by atoms with Gasteiger partial charge in [-0.05, 0) is 68.5 Å². The summed E-state index contributed by atoms with van der Waals surface area (Å²) in [5.74, 6) is 0.915. The average Bonchev–Trinajstić information content (AvgIpc) is 2.97. The maximum absolute atomic E-state index is 6.34. The quantitative estimate of drug-likeness (QED) is 0.581. The number of nitrogens with two attached hydrogens (primary N) is 1. The smallest absolute Gasteiger partial charge is 0.131 e. The molecule has 0 bridgehead atoms. The zero-order valence-electron chi connectivity index (χ0n) is 15.1. The van der Waals surface area contributed by atoms with Crippen LogP contribution in [-0.4, -0.2) is 18.6 Å². The molecule has 0 saturated carbocycles. The third kappa shape index (κ3) is 3.26. The van der Waals surface area contributed by atoms with Gasteiger partial charge in [0.2, 0.25) is 0 Å². The molecule has 1 aromatic heterocycles. The van der Waals surface area contributed by atoms with Crippen LogP contribution in [0.15, 0.2) is 30.3 Å². The minimum Gasteiger partial charge on any atom is -0.496 e. The maximum atomic E-state index is 6.34. The minimum absolute atomic E-state index is 0.719. The molecule has 0 saturated heterocycles. The van der Waals surface area contributed by atoms with Gasteiger partial charge >= 0.3 is 0 Å². The third-order valence-corrected chi connectivity index (χ3v) is 5.25. The first-order valence-corrected chi connectivity index (χ1v) is 9.10. The monoisotopic (exact) mass is 356 g/mol. The number of benzene rings is 2. The normalized spacial score (nSPS) is 11.2. The highest BCUT2D eigenvalue weighted by Gasteiger charge is 2.18. The highest BCUT2D eigenvalue weighted by molar-refractivity contribution is 6.32. The van der Waals surface area contributed by atoms with E-state index in [0.717, 1.165) is 64.5 Å². The minimum atomic E-state index is 0.719. The number of ether oxygens (including phenoxy) is 1. The van der Waals surface area contributed by atoms with E-state index in [1.165, 1.54) is 10.9 Å². The Morgan fingerprint density at radius 2 is 1.92 bits per heavy atom. The number of hydrogen-bond acceptors (Lipinski definition) is 2. The van der Waals surface area contributed by atoms with E-state index < -0.39 is 0 Å². The Kier molecular flexibility index (Phi) is 5.36. The highest BCUT2D eigenvalue weighted by atomic mass is 35.5. The second kappa shape index (κ2) is 7.51. The summed E-state index contributed by atoms with van der Waals surface area (Å²) >= 11 is 6.34. The molecule has 3 nitrogen and oxygen atoms in total. The van der Waals surface area contributed by atoms with Crippen LogP contribution in [-0.2, 0) is 6.42 Å². The first-order chi connectivity index (χ1) is 12.1. The van der Waals surface area contributed by atoms with Crippen molar-refractivity contribution >= 4 is 22.5 Å². The molecule has 0 radical (unpaired) electrons. The molecule has 25 heavy (non-hydrogen) atoms. The first-order valence-electron chi connectivity index (χ1n) is 8.72. The van der Waals surface area contributed by atoms with Gasteiger partial charge in [0.1, 0.15) is 5.75 Å². The predicted octanol–water partition coefficient (Wildman–Crippen LogP) is 5.40. The molecule has 3 rings (SSSR count). The Balaban J connectivity index is 2.25. The van der Waals surface area contributed by atoms with Crippen LogP contribution in [0.4, 0.5) is 0 Å². The molecule has 0 amide bonds. The van der Waals surface area contributed by atoms with E-state index in [4.69, 9.17) is 22.1 Å². The van der Waals surface area contributed by atoms with Gasteiger partial charge in [0.15, 0.2) is 0 Å². The molecule has 0 aliphatic rings. The van der Waals surface area contributed by atoms with E-state index in [1.54, 1.807) is 7.11 Å². The van der Waals surface area contributed by atoms with Crippen LogP contribution in [0.3, 0.4) is 0 Å². The Labute approximate surface area is 154 Å². The molecule has 3 N–H and O–H groups in total.